The summed E-state index contributed by atoms with van der Waals surface area (Å²) >= 11 is 3.33. The summed E-state index contributed by atoms with van der Waals surface area (Å²) in [7, 11) is 1.33. The van der Waals surface area contributed by atoms with Crippen molar-refractivity contribution in [2.75, 3.05) is 18.0 Å². The number of carbonyl (C=O) groups is 1. The van der Waals surface area contributed by atoms with E-state index in [1.165, 1.54) is 13.4 Å². The van der Waals surface area contributed by atoms with Gasteiger partial charge >= 0.3 is 12.1 Å². The van der Waals surface area contributed by atoms with E-state index >= 15 is 0 Å². The van der Waals surface area contributed by atoms with Gasteiger partial charge in [0, 0.05) is 26.2 Å². The van der Waals surface area contributed by atoms with Gasteiger partial charge in [0.15, 0.2) is 5.69 Å². The van der Waals surface area contributed by atoms with Gasteiger partial charge in [-0.05, 0) is 28.8 Å². The van der Waals surface area contributed by atoms with Crippen LogP contribution in [-0.2, 0) is 18.0 Å². The fourth-order valence-corrected chi connectivity index (χ4v) is 3.29. The number of hydrogen-bond acceptors (Lipinski definition) is 6. The van der Waals surface area contributed by atoms with Crippen molar-refractivity contribution < 1.29 is 27.8 Å². The summed E-state index contributed by atoms with van der Waals surface area (Å²) in [5.41, 5.74) is -1.07. The molecular formula is C15H15BrF3N5O3. The van der Waals surface area contributed by atoms with Gasteiger partial charge in [0.1, 0.15) is 16.6 Å². The molecule has 0 radical (unpaired) electrons. The zero-order valence-corrected chi connectivity index (χ0v) is 15.7. The lowest BCUT2D eigenvalue weighted by atomic mass is 9.97. The maximum absolute atomic E-state index is 12.8. The Labute approximate surface area is 160 Å². The van der Waals surface area contributed by atoms with Gasteiger partial charge in [-0.2, -0.15) is 18.3 Å². The highest BCUT2D eigenvalue weighted by atomic mass is 79.9. The molecule has 0 saturated carbocycles. The third-order valence-electron chi connectivity index (χ3n) is 4.21. The Hall–Kier alpha value is -2.37. The smallest absolute Gasteiger partial charge is 0.435 e. The summed E-state index contributed by atoms with van der Waals surface area (Å²) in [6.45, 7) is 0.964. The van der Waals surface area contributed by atoms with Crippen LogP contribution in [0.4, 0.5) is 19.0 Å². The van der Waals surface area contributed by atoms with Gasteiger partial charge in [-0.25, -0.2) is 14.6 Å². The number of aromatic nitrogens is 4. The molecule has 1 aliphatic heterocycles. The minimum absolute atomic E-state index is 0.0390. The number of halogens is 4. The van der Waals surface area contributed by atoms with Crippen LogP contribution < -0.4 is 9.64 Å². The minimum atomic E-state index is -4.58. The molecule has 0 spiro atoms. The van der Waals surface area contributed by atoms with E-state index in [0.29, 0.717) is 36.2 Å². The first-order valence-electron chi connectivity index (χ1n) is 7.94. The Morgan fingerprint density at radius 1 is 1.33 bits per heavy atom. The Bertz CT molecular complexity index is 850. The van der Waals surface area contributed by atoms with Gasteiger partial charge in [-0.1, -0.05) is 0 Å². The average molecular weight is 450 g/mol. The molecule has 2 aromatic rings. The minimum Gasteiger partial charge on any atom is -0.481 e. The number of aliphatic carboxylic acids is 1. The molecule has 0 bridgehead atoms. The van der Waals surface area contributed by atoms with E-state index in [9.17, 15) is 18.0 Å². The molecule has 27 heavy (non-hydrogen) atoms. The number of rotatable bonds is 4. The van der Waals surface area contributed by atoms with Crippen LogP contribution >= 0.6 is 15.9 Å². The van der Waals surface area contributed by atoms with Crippen LogP contribution in [0.15, 0.2) is 16.9 Å². The maximum atomic E-state index is 12.8. The molecule has 1 aliphatic rings. The Morgan fingerprint density at radius 2 is 2.00 bits per heavy atom. The summed E-state index contributed by atoms with van der Waals surface area (Å²) in [6.07, 6.45) is -2.40. The van der Waals surface area contributed by atoms with Crippen LogP contribution in [0.25, 0.3) is 0 Å². The lowest BCUT2D eigenvalue weighted by Crippen LogP contribution is -2.37. The van der Waals surface area contributed by atoms with E-state index in [-0.39, 0.29) is 11.8 Å². The molecular weight excluding hydrogens is 435 g/mol. The van der Waals surface area contributed by atoms with Crippen molar-refractivity contribution >= 4 is 27.7 Å². The van der Waals surface area contributed by atoms with Crippen molar-refractivity contribution in [2.24, 2.45) is 13.0 Å². The zero-order chi connectivity index (χ0) is 19.8. The topological polar surface area (TPSA) is 93.4 Å². The van der Waals surface area contributed by atoms with Crippen LogP contribution in [-0.4, -0.2) is 43.9 Å². The van der Waals surface area contributed by atoms with Gasteiger partial charge in [-0.3, -0.25) is 4.79 Å². The van der Waals surface area contributed by atoms with Crippen molar-refractivity contribution in [2.45, 2.75) is 19.0 Å². The van der Waals surface area contributed by atoms with E-state index in [1.54, 1.807) is 0 Å². The number of piperidine rings is 1. The van der Waals surface area contributed by atoms with Crippen LogP contribution in [0.5, 0.6) is 11.8 Å². The van der Waals surface area contributed by atoms with E-state index in [1.807, 2.05) is 4.90 Å². The molecule has 0 aliphatic carbocycles. The standard InChI is InChI=1S/C15H15BrF3N5O3/c1-23-10(6-9(22-23)15(17,18)19)27-13-11(16)12(20-7-21-13)24-4-2-8(3-5-24)14(25)26/h6-8H,2-5H2,1H3,(H,25,26). The molecule has 2 aromatic heterocycles. The summed E-state index contributed by atoms with van der Waals surface area (Å²) in [5, 5.41) is 12.5. The molecule has 0 aromatic carbocycles. The molecule has 3 heterocycles. The van der Waals surface area contributed by atoms with Gasteiger partial charge in [0.05, 0.1) is 5.92 Å². The van der Waals surface area contributed by atoms with E-state index in [2.05, 4.69) is 31.0 Å². The van der Waals surface area contributed by atoms with Crippen molar-refractivity contribution in [3.63, 3.8) is 0 Å². The molecule has 8 nitrogen and oxygen atoms in total. The highest BCUT2D eigenvalue weighted by molar-refractivity contribution is 9.10. The molecule has 0 atom stereocenters. The molecule has 0 amide bonds. The highest BCUT2D eigenvalue weighted by Crippen LogP contribution is 2.37. The number of carboxylic acids is 1. The fourth-order valence-electron chi connectivity index (χ4n) is 2.76. The second kappa shape index (κ2) is 7.33. The zero-order valence-electron chi connectivity index (χ0n) is 14.1. The van der Waals surface area contributed by atoms with Gasteiger partial charge < -0.3 is 14.7 Å². The summed E-state index contributed by atoms with van der Waals surface area (Å²) in [4.78, 5) is 21.1. The largest absolute Gasteiger partial charge is 0.481 e. The number of alkyl halides is 3. The molecule has 1 saturated heterocycles. The molecule has 3 rings (SSSR count). The van der Waals surface area contributed by atoms with Gasteiger partial charge in [0.25, 0.3) is 0 Å². The quantitative estimate of drug-likeness (QED) is 0.766. The normalized spacial score (nSPS) is 15.8. The molecule has 12 heteroatoms. The Morgan fingerprint density at radius 3 is 2.56 bits per heavy atom. The first-order valence-corrected chi connectivity index (χ1v) is 8.73. The Kier molecular flexibility index (Phi) is 5.27. The molecule has 1 fully saturated rings. The van der Waals surface area contributed by atoms with Crippen LogP contribution in [0.2, 0.25) is 0 Å². The number of aryl methyl sites for hydroxylation is 1. The first kappa shape index (κ1) is 19.4. The SMILES string of the molecule is Cn1nc(C(F)(F)F)cc1Oc1ncnc(N2CCC(C(=O)O)CC2)c1Br. The van der Waals surface area contributed by atoms with Crippen molar-refractivity contribution in [3.05, 3.63) is 22.6 Å². The average Bonchev–Trinajstić information content (AvgIpc) is 2.98. The fraction of sp³-hybridized carbons (Fsp3) is 0.467. The van der Waals surface area contributed by atoms with E-state index in [0.717, 1.165) is 10.7 Å². The second-order valence-electron chi connectivity index (χ2n) is 6.01. The van der Waals surface area contributed by atoms with Crippen LogP contribution in [0, 0.1) is 5.92 Å². The second-order valence-corrected chi connectivity index (χ2v) is 6.80. The van der Waals surface area contributed by atoms with Crippen molar-refractivity contribution in [1.29, 1.82) is 0 Å². The molecule has 0 unspecified atom stereocenters. The van der Waals surface area contributed by atoms with Crippen molar-refractivity contribution in [3.8, 4) is 11.8 Å². The predicted octanol–water partition coefficient (Wildman–Crippen LogP) is 3.08. The van der Waals surface area contributed by atoms with Gasteiger partial charge in [-0.15, -0.1) is 0 Å². The number of carboxylic acid groups (broad SMARTS) is 1. The lowest BCUT2D eigenvalue weighted by Gasteiger charge is -2.31. The number of ether oxygens (including phenoxy) is 1. The third-order valence-corrected chi connectivity index (χ3v) is 4.91. The molecule has 1 N–H and O–H groups in total. The molecule has 146 valence electrons. The van der Waals surface area contributed by atoms with Crippen LogP contribution in [0.3, 0.4) is 0 Å². The number of anilines is 1. The predicted molar refractivity (Wildman–Crippen MR) is 90.6 cm³/mol. The number of nitrogens with zero attached hydrogens (tertiary/aromatic N) is 5. The summed E-state index contributed by atoms with van der Waals surface area (Å²) < 4.78 is 45.2. The van der Waals surface area contributed by atoms with Crippen molar-refractivity contribution in [1.82, 2.24) is 19.7 Å². The van der Waals surface area contributed by atoms with E-state index < -0.39 is 23.8 Å². The van der Waals surface area contributed by atoms with Crippen LogP contribution in [0.1, 0.15) is 18.5 Å². The third kappa shape index (κ3) is 4.15. The first-order chi connectivity index (χ1) is 12.7. The Balaban J connectivity index is 1.80. The van der Waals surface area contributed by atoms with E-state index in [4.69, 9.17) is 9.84 Å². The van der Waals surface area contributed by atoms with Gasteiger partial charge in [0.2, 0.25) is 11.8 Å². The maximum Gasteiger partial charge on any atom is 0.435 e. The highest BCUT2D eigenvalue weighted by Gasteiger charge is 2.35. The number of hydrogen-bond donors (Lipinski definition) is 1. The monoisotopic (exact) mass is 449 g/mol. The summed E-state index contributed by atoms with van der Waals surface area (Å²) in [5.74, 6) is -0.818. The summed E-state index contributed by atoms with van der Waals surface area (Å²) in [6, 6.07) is 0.784. The lowest BCUT2D eigenvalue weighted by molar-refractivity contribution is -0.142.